The van der Waals surface area contributed by atoms with Crippen molar-refractivity contribution in [1.82, 2.24) is 9.97 Å². The molecule has 0 spiro atoms. The Kier molecular flexibility index (Phi) is 4.80. The van der Waals surface area contributed by atoms with Crippen LogP contribution in [0.25, 0.3) is 30.3 Å². The quantitative estimate of drug-likeness (QED) is 0.222. The number of fused-ring (bicyclic) bond motifs is 3. The largest absolute Gasteiger partial charge is 0.235 e. The van der Waals surface area contributed by atoms with Crippen molar-refractivity contribution in [2.45, 2.75) is 34.6 Å². The minimum atomic E-state index is 0.325. The first-order chi connectivity index (χ1) is 12.3. The van der Waals surface area contributed by atoms with Crippen LogP contribution >= 0.6 is 62.2 Å². The van der Waals surface area contributed by atoms with Crippen LogP contribution in [-0.2, 0) is 0 Å². The number of hydrogen-bond acceptors (Lipinski definition) is 6. The number of halogens is 1. The maximum Gasteiger partial charge on any atom is 0.134 e. The van der Waals surface area contributed by atoms with Gasteiger partial charge in [0.05, 0.1) is 34.0 Å². The second kappa shape index (κ2) is 6.71. The molecule has 0 atom stereocenters. The SMILES string of the molecule is Cc1cc(Br)sc1-c1nc2c(C)c(C)c3nc(C(=S)C(C)C)sc3c2s1. The van der Waals surface area contributed by atoms with Gasteiger partial charge < -0.3 is 0 Å². The lowest BCUT2D eigenvalue weighted by molar-refractivity contribution is 0.901. The third-order valence-electron chi connectivity index (χ3n) is 4.55. The molecule has 7 heteroatoms. The van der Waals surface area contributed by atoms with E-state index in [1.54, 1.807) is 34.0 Å². The molecule has 0 bridgehead atoms. The number of aromatic nitrogens is 2. The molecule has 0 aliphatic carbocycles. The fourth-order valence-corrected chi connectivity index (χ4v) is 7.42. The summed E-state index contributed by atoms with van der Waals surface area (Å²) in [5.74, 6) is 0.325. The number of aryl methyl sites for hydroxylation is 3. The molecule has 26 heavy (non-hydrogen) atoms. The normalized spacial score (nSPS) is 12.0. The lowest BCUT2D eigenvalue weighted by Gasteiger charge is -2.02. The molecule has 0 fully saturated rings. The molecule has 0 amide bonds. The van der Waals surface area contributed by atoms with Crippen LogP contribution in [-0.4, -0.2) is 14.8 Å². The van der Waals surface area contributed by atoms with E-state index >= 15 is 0 Å². The van der Waals surface area contributed by atoms with Crippen molar-refractivity contribution in [3.63, 3.8) is 0 Å². The van der Waals surface area contributed by atoms with Gasteiger partial charge in [-0.25, -0.2) is 9.97 Å². The molecule has 0 aliphatic heterocycles. The van der Waals surface area contributed by atoms with Crippen LogP contribution in [0.4, 0.5) is 0 Å². The van der Waals surface area contributed by atoms with Crippen LogP contribution in [0.15, 0.2) is 9.85 Å². The van der Waals surface area contributed by atoms with Crippen LogP contribution < -0.4 is 0 Å². The zero-order valence-corrected chi connectivity index (χ0v) is 19.9. The predicted molar refractivity (Wildman–Crippen MR) is 125 cm³/mol. The highest BCUT2D eigenvalue weighted by Gasteiger charge is 2.21. The molecule has 0 N–H and O–H groups in total. The molecule has 0 saturated heterocycles. The van der Waals surface area contributed by atoms with E-state index in [0.29, 0.717) is 5.92 Å². The molecule has 3 aromatic heterocycles. The van der Waals surface area contributed by atoms with Gasteiger partial charge in [0.2, 0.25) is 0 Å². The average Bonchev–Trinajstić information content (AvgIpc) is 3.27. The molecule has 0 radical (unpaired) electrons. The van der Waals surface area contributed by atoms with Crippen LogP contribution in [0.3, 0.4) is 0 Å². The van der Waals surface area contributed by atoms with E-state index in [-0.39, 0.29) is 0 Å². The monoisotopic (exact) mass is 480 g/mol. The second-order valence-electron chi connectivity index (χ2n) is 6.73. The molecule has 134 valence electrons. The molecule has 3 heterocycles. The number of thiazole rings is 2. The highest BCUT2D eigenvalue weighted by Crippen LogP contribution is 2.44. The summed E-state index contributed by atoms with van der Waals surface area (Å²) >= 11 is 14.4. The van der Waals surface area contributed by atoms with Gasteiger partial charge in [-0.05, 0) is 65.4 Å². The van der Waals surface area contributed by atoms with Crippen molar-refractivity contribution >= 4 is 87.5 Å². The summed E-state index contributed by atoms with van der Waals surface area (Å²) in [5, 5.41) is 2.06. The Labute approximate surface area is 178 Å². The number of nitrogens with zero attached hydrogens (tertiary/aromatic N) is 2. The molecule has 0 aliphatic rings. The zero-order valence-electron chi connectivity index (χ0n) is 15.1. The van der Waals surface area contributed by atoms with E-state index in [9.17, 15) is 0 Å². The topological polar surface area (TPSA) is 25.8 Å². The van der Waals surface area contributed by atoms with E-state index in [2.05, 4.69) is 56.6 Å². The summed E-state index contributed by atoms with van der Waals surface area (Å²) in [4.78, 5) is 12.1. The number of thiophene rings is 1. The molecular formula is C19H17BrN2S4. The molecule has 4 aromatic rings. The van der Waals surface area contributed by atoms with Gasteiger partial charge in [-0.15, -0.1) is 34.0 Å². The third kappa shape index (κ3) is 2.88. The smallest absolute Gasteiger partial charge is 0.134 e. The van der Waals surface area contributed by atoms with Gasteiger partial charge in [0.25, 0.3) is 0 Å². The lowest BCUT2D eigenvalue weighted by Crippen LogP contribution is -2.04. The first kappa shape index (κ1) is 18.6. The van der Waals surface area contributed by atoms with Gasteiger partial charge in [0.15, 0.2) is 0 Å². The van der Waals surface area contributed by atoms with Crippen LogP contribution in [0.2, 0.25) is 0 Å². The van der Waals surface area contributed by atoms with Gasteiger partial charge in [-0.2, -0.15) is 0 Å². The van der Waals surface area contributed by atoms with Gasteiger partial charge in [-0.1, -0.05) is 26.1 Å². The summed E-state index contributed by atoms with van der Waals surface area (Å²) < 4.78 is 3.60. The minimum absolute atomic E-state index is 0.325. The van der Waals surface area contributed by atoms with Crippen molar-refractivity contribution < 1.29 is 0 Å². The molecule has 1 aromatic carbocycles. The summed E-state index contributed by atoms with van der Waals surface area (Å²) in [6.45, 7) is 10.7. The Morgan fingerprint density at radius 3 is 2.19 bits per heavy atom. The first-order valence-electron chi connectivity index (χ1n) is 8.28. The minimum Gasteiger partial charge on any atom is -0.235 e. The highest BCUT2D eigenvalue weighted by molar-refractivity contribution is 9.11. The number of hydrogen-bond donors (Lipinski definition) is 0. The molecule has 4 rings (SSSR count). The third-order valence-corrected chi connectivity index (χ3v) is 9.55. The zero-order chi connectivity index (χ0) is 18.7. The number of thiocarbonyl (C=S) groups is 1. The second-order valence-corrected chi connectivity index (χ2v) is 11.6. The van der Waals surface area contributed by atoms with E-state index < -0.39 is 0 Å². The summed E-state index contributed by atoms with van der Waals surface area (Å²) in [6.07, 6.45) is 0. The maximum atomic E-state index is 5.62. The Morgan fingerprint density at radius 1 is 1.00 bits per heavy atom. The Morgan fingerprint density at radius 2 is 1.62 bits per heavy atom. The van der Waals surface area contributed by atoms with E-state index in [1.807, 2.05) is 0 Å². The van der Waals surface area contributed by atoms with E-state index in [1.165, 1.54) is 31.0 Å². The predicted octanol–water partition coefficient (Wildman–Crippen LogP) is 7.70. The van der Waals surface area contributed by atoms with E-state index in [4.69, 9.17) is 22.2 Å². The van der Waals surface area contributed by atoms with Crippen molar-refractivity contribution in [2.24, 2.45) is 5.92 Å². The van der Waals surface area contributed by atoms with E-state index in [0.717, 1.165) is 29.7 Å². The van der Waals surface area contributed by atoms with Gasteiger partial charge in [-0.3, -0.25) is 0 Å². The summed E-state index contributed by atoms with van der Waals surface area (Å²) in [7, 11) is 0. The Balaban J connectivity index is 2.02. The van der Waals surface area contributed by atoms with Crippen molar-refractivity contribution in [2.75, 3.05) is 0 Å². The lowest BCUT2D eigenvalue weighted by atomic mass is 10.1. The molecule has 0 saturated carbocycles. The average molecular weight is 482 g/mol. The molecular weight excluding hydrogens is 464 g/mol. The highest BCUT2D eigenvalue weighted by atomic mass is 79.9. The molecule has 2 nitrogen and oxygen atoms in total. The van der Waals surface area contributed by atoms with Gasteiger partial charge in [0.1, 0.15) is 10.0 Å². The van der Waals surface area contributed by atoms with Crippen molar-refractivity contribution in [1.29, 1.82) is 0 Å². The summed E-state index contributed by atoms with van der Waals surface area (Å²) in [6, 6.07) is 2.16. The fourth-order valence-electron chi connectivity index (χ4n) is 2.92. The Bertz CT molecular complexity index is 1180. The van der Waals surface area contributed by atoms with Crippen molar-refractivity contribution in [3.8, 4) is 9.88 Å². The number of benzene rings is 1. The van der Waals surface area contributed by atoms with Crippen LogP contribution in [0, 0.1) is 26.7 Å². The fraction of sp³-hybridized carbons (Fsp3) is 0.316. The van der Waals surface area contributed by atoms with Gasteiger partial charge in [0, 0.05) is 0 Å². The van der Waals surface area contributed by atoms with Crippen LogP contribution in [0.5, 0.6) is 0 Å². The first-order valence-corrected chi connectivity index (χ1v) is 11.9. The standard InChI is InChI=1S/C19H17BrN2S4/c1-7(2)14(23)18-21-12-9(4)10(5)13-17(16(12)25-18)26-19(22-13)15-8(3)6-11(20)24-15/h6-7H,1-5H3. The Hall–Kier alpha value is -0.730. The molecule has 0 unspecified atom stereocenters. The van der Waals surface area contributed by atoms with Crippen molar-refractivity contribution in [3.05, 3.63) is 31.6 Å². The maximum absolute atomic E-state index is 5.62. The summed E-state index contributed by atoms with van der Waals surface area (Å²) in [5.41, 5.74) is 5.87. The van der Waals surface area contributed by atoms with Crippen LogP contribution in [0.1, 0.15) is 35.5 Å². The van der Waals surface area contributed by atoms with Gasteiger partial charge >= 0.3 is 0 Å². The number of rotatable bonds is 3.